The van der Waals surface area contributed by atoms with E-state index in [1.54, 1.807) is 0 Å². The maximum absolute atomic E-state index is 6.07. The third-order valence-corrected chi connectivity index (χ3v) is 4.89. The number of hydrogen-bond donors (Lipinski definition) is 0. The van der Waals surface area contributed by atoms with Crippen molar-refractivity contribution in [3.63, 3.8) is 0 Å². The van der Waals surface area contributed by atoms with Crippen molar-refractivity contribution in [2.24, 2.45) is 5.41 Å². The van der Waals surface area contributed by atoms with E-state index in [0.29, 0.717) is 11.8 Å². The molecular weight excluding hydrogens is 244 g/mol. The van der Waals surface area contributed by atoms with Crippen LogP contribution in [-0.4, -0.2) is 13.2 Å². The molecule has 2 nitrogen and oxygen atoms in total. The lowest BCUT2D eigenvalue weighted by molar-refractivity contribution is 0.139. The average molecular weight is 268 g/mol. The first-order chi connectivity index (χ1) is 8.32. The van der Waals surface area contributed by atoms with Crippen molar-refractivity contribution in [3.8, 4) is 11.5 Å². The van der Waals surface area contributed by atoms with Gasteiger partial charge in [0.05, 0.1) is 23.0 Å². The predicted molar refractivity (Wildman–Crippen MR) is 77.3 cm³/mol. The Labute approximate surface area is 114 Å². The fourth-order valence-corrected chi connectivity index (χ4v) is 3.24. The smallest absolute Gasteiger partial charge is 0.175 e. The van der Waals surface area contributed by atoms with E-state index in [4.69, 9.17) is 9.47 Å². The maximum Gasteiger partial charge on any atom is 0.175 e. The largest absolute Gasteiger partial charge is 0.488 e. The highest BCUT2D eigenvalue weighted by atomic mass is 32.1. The van der Waals surface area contributed by atoms with Crippen LogP contribution in [0.25, 0.3) is 0 Å². The molecule has 1 aliphatic rings. The van der Waals surface area contributed by atoms with E-state index in [1.165, 1.54) is 9.75 Å². The Balaban J connectivity index is 2.46. The number of thiophene rings is 1. The van der Waals surface area contributed by atoms with Gasteiger partial charge in [0.25, 0.3) is 0 Å². The van der Waals surface area contributed by atoms with Gasteiger partial charge in [0.2, 0.25) is 0 Å². The number of rotatable bonds is 2. The summed E-state index contributed by atoms with van der Waals surface area (Å²) in [4.78, 5) is 2.65. The first-order valence-corrected chi connectivity index (χ1v) is 7.55. The molecule has 0 fully saturated rings. The van der Waals surface area contributed by atoms with Crippen LogP contribution in [0, 0.1) is 5.41 Å². The molecule has 0 spiro atoms. The summed E-state index contributed by atoms with van der Waals surface area (Å²) >= 11 is 1.85. The maximum atomic E-state index is 6.07. The van der Waals surface area contributed by atoms with Gasteiger partial charge in [0.15, 0.2) is 11.5 Å². The van der Waals surface area contributed by atoms with E-state index in [1.807, 2.05) is 11.3 Å². The molecule has 1 aromatic heterocycles. The number of fused-ring (bicyclic) bond motifs is 1. The van der Waals surface area contributed by atoms with Crippen molar-refractivity contribution in [3.05, 3.63) is 9.75 Å². The fraction of sp³-hybridized carbons (Fsp3) is 0.733. The van der Waals surface area contributed by atoms with Crippen LogP contribution in [0.15, 0.2) is 0 Å². The molecule has 1 aromatic rings. The van der Waals surface area contributed by atoms with Crippen molar-refractivity contribution in [2.75, 3.05) is 13.2 Å². The molecule has 0 unspecified atom stereocenters. The number of hydrogen-bond acceptors (Lipinski definition) is 3. The second-order valence-corrected chi connectivity index (χ2v) is 7.62. The summed E-state index contributed by atoms with van der Waals surface area (Å²) in [6.07, 6.45) is 0. The fourth-order valence-electron chi connectivity index (χ4n) is 2.05. The highest BCUT2D eigenvalue weighted by Crippen LogP contribution is 2.50. The molecule has 18 heavy (non-hydrogen) atoms. The van der Waals surface area contributed by atoms with Crippen LogP contribution in [0.2, 0.25) is 0 Å². The summed E-state index contributed by atoms with van der Waals surface area (Å²) in [6.45, 7) is 14.7. The molecule has 2 heterocycles. The zero-order valence-electron chi connectivity index (χ0n) is 12.3. The Morgan fingerprint density at radius 3 is 1.61 bits per heavy atom. The van der Waals surface area contributed by atoms with Gasteiger partial charge in [-0.2, -0.15) is 0 Å². The molecule has 102 valence electrons. The minimum atomic E-state index is 0.0825. The summed E-state index contributed by atoms with van der Waals surface area (Å²) in [5, 5.41) is 0. The Morgan fingerprint density at radius 2 is 1.28 bits per heavy atom. The van der Waals surface area contributed by atoms with Gasteiger partial charge in [-0.1, -0.05) is 41.5 Å². The quantitative estimate of drug-likeness (QED) is 0.767. The van der Waals surface area contributed by atoms with E-state index in [9.17, 15) is 0 Å². The molecule has 0 N–H and O–H groups in total. The minimum Gasteiger partial charge on any atom is -0.488 e. The molecule has 0 saturated heterocycles. The molecule has 0 amide bonds. The molecule has 0 aromatic carbocycles. The summed E-state index contributed by atoms with van der Waals surface area (Å²) in [5.41, 5.74) is 0.0825. The Bertz CT molecular complexity index is 393. The number of ether oxygens (including phenoxy) is 2. The van der Waals surface area contributed by atoms with Crippen LogP contribution in [0.3, 0.4) is 0 Å². The van der Waals surface area contributed by atoms with Crippen LogP contribution >= 0.6 is 11.3 Å². The van der Waals surface area contributed by atoms with Crippen LogP contribution in [0.4, 0.5) is 0 Å². The third-order valence-electron chi connectivity index (χ3n) is 3.14. The minimum absolute atomic E-state index is 0.0825. The van der Waals surface area contributed by atoms with E-state index in [-0.39, 0.29) is 5.41 Å². The van der Waals surface area contributed by atoms with Gasteiger partial charge in [0, 0.05) is 5.41 Å². The molecule has 1 aliphatic heterocycles. The van der Waals surface area contributed by atoms with Crippen LogP contribution in [0.1, 0.15) is 63.1 Å². The van der Waals surface area contributed by atoms with E-state index in [0.717, 1.165) is 24.7 Å². The van der Waals surface area contributed by atoms with Gasteiger partial charge in [-0.05, 0) is 11.8 Å². The third kappa shape index (κ3) is 2.51. The Kier molecular flexibility index (Phi) is 3.63. The lowest BCUT2D eigenvalue weighted by atomic mass is 9.97. The molecule has 0 radical (unpaired) electrons. The van der Waals surface area contributed by atoms with Crippen molar-refractivity contribution < 1.29 is 9.47 Å². The SMILES string of the molecule is CC(C)c1sc(C(C)C)c2c1OCC(C)(C)CO2. The molecule has 0 aliphatic carbocycles. The highest BCUT2D eigenvalue weighted by Gasteiger charge is 2.31. The Morgan fingerprint density at radius 1 is 0.889 bits per heavy atom. The first-order valence-electron chi connectivity index (χ1n) is 6.74. The summed E-state index contributed by atoms with van der Waals surface area (Å²) in [5.74, 6) is 2.98. The van der Waals surface area contributed by atoms with E-state index >= 15 is 0 Å². The van der Waals surface area contributed by atoms with Crippen LogP contribution in [-0.2, 0) is 0 Å². The Hall–Kier alpha value is -0.700. The van der Waals surface area contributed by atoms with Crippen molar-refractivity contribution in [1.82, 2.24) is 0 Å². The summed E-state index contributed by atoms with van der Waals surface area (Å²) in [6, 6.07) is 0. The monoisotopic (exact) mass is 268 g/mol. The van der Waals surface area contributed by atoms with E-state index < -0.39 is 0 Å². The van der Waals surface area contributed by atoms with Crippen molar-refractivity contribution >= 4 is 11.3 Å². The average Bonchev–Trinajstić information content (AvgIpc) is 2.55. The molecule has 0 saturated carbocycles. The second kappa shape index (κ2) is 4.76. The molecule has 3 heteroatoms. The zero-order valence-corrected chi connectivity index (χ0v) is 13.1. The lowest BCUT2D eigenvalue weighted by Crippen LogP contribution is -2.26. The van der Waals surface area contributed by atoms with Gasteiger partial charge in [-0.3, -0.25) is 0 Å². The highest BCUT2D eigenvalue weighted by molar-refractivity contribution is 7.13. The zero-order chi connectivity index (χ0) is 13.5. The van der Waals surface area contributed by atoms with Crippen molar-refractivity contribution in [1.29, 1.82) is 0 Å². The molecule has 2 rings (SSSR count). The first kappa shape index (κ1) is 13.7. The van der Waals surface area contributed by atoms with Crippen molar-refractivity contribution in [2.45, 2.75) is 53.4 Å². The summed E-state index contributed by atoms with van der Waals surface area (Å²) < 4.78 is 12.1. The second-order valence-electron chi connectivity index (χ2n) is 6.54. The molecule has 0 bridgehead atoms. The molecular formula is C15H24O2S. The van der Waals surface area contributed by atoms with Gasteiger partial charge < -0.3 is 9.47 Å². The standard InChI is InChI=1S/C15H24O2S/c1-9(2)13-11-12(14(18-13)10(3)4)17-8-15(5,6)7-16-11/h9-10H,7-8H2,1-6H3. The normalized spacial score (nSPS) is 18.2. The predicted octanol–water partition coefficient (Wildman–Crippen LogP) is 4.79. The molecule has 0 atom stereocenters. The van der Waals surface area contributed by atoms with Crippen LogP contribution < -0.4 is 9.47 Å². The summed E-state index contributed by atoms with van der Waals surface area (Å²) in [7, 11) is 0. The van der Waals surface area contributed by atoms with Crippen LogP contribution in [0.5, 0.6) is 11.5 Å². The van der Waals surface area contributed by atoms with Gasteiger partial charge in [0.1, 0.15) is 0 Å². The topological polar surface area (TPSA) is 18.5 Å². The van der Waals surface area contributed by atoms with Gasteiger partial charge in [-0.25, -0.2) is 0 Å². The van der Waals surface area contributed by atoms with Gasteiger partial charge in [-0.15, -0.1) is 11.3 Å². The van der Waals surface area contributed by atoms with E-state index in [2.05, 4.69) is 41.5 Å². The lowest BCUT2D eigenvalue weighted by Gasteiger charge is -2.20. The van der Waals surface area contributed by atoms with Gasteiger partial charge >= 0.3 is 0 Å².